The average Bonchev–Trinajstić information content (AvgIpc) is 2.38. The van der Waals surface area contributed by atoms with Gasteiger partial charge in [0.1, 0.15) is 0 Å². The zero-order chi connectivity index (χ0) is 13.9. The van der Waals surface area contributed by atoms with E-state index < -0.39 is 4.92 Å². The van der Waals surface area contributed by atoms with Crippen LogP contribution in [-0.2, 0) is 11.3 Å². The van der Waals surface area contributed by atoms with Crippen LogP contribution in [0.2, 0.25) is 5.02 Å². The summed E-state index contributed by atoms with van der Waals surface area (Å²) in [4.78, 5) is 10.6. The van der Waals surface area contributed by atoms with Crippen LogP contribution in [0.3, 0.4) is 0 Å². The van der Waals surface area contributed by atoms with Crippen LogP contribution in [0, 0.1) is 10.1 Å². The van der Waals surface area contributed by atoms with E-state index in [1.54, 1.807) is 12.1 Å². The van der Waals surface area contributed by atoms with E-state index in [-0.39, 0.29) is 11.2 Å². The van der Waals surface area contributed by atoms with Crippen LogP contribution in [0.4, 0.5) is 5.69 Å². The Labute approximate surface area is 117 Å². The summed E-state index contributed by atoms with van der Waals surface area (Å²) in [6.07, 6.45) is 1.82. The molecule has 0 aliphatic carbocycles. The first-order chi connectivity index (χ1) is 9.00. The van der Waals surface area contributed by atoms with E-state index in [1.165, 1.54) is 6.07 Å². The highest BCUT2D eigenvalue weighted by Gasteiger charge is 2.27. The predicted octanol–water partition coefficient (Wildman–Crippen LogP) is 2.91. The van der Waals surface area contributed by atoms with Crippen LogP contribution in [0.1, 0.15) is 25.3 Å². The summed E-state index contributed by atoms with van der Waals surface area (Å²) in [6, 6.07) is 4.78. The molecule has 104 valence electrons. The van der Waals surface area contributed by atoms with E-state index in [9.17, 15) is 10.1 Å². The van der Waals surface area contributed by atoms with E-state index in [2.05, 4.69) is 12.2 Å². The first-order valence-corrected chi connectivity index (χ1v) is 6.64. The third-order valence-corrected chi connectivity index (χ3v) is 3.78. The van der Waals surface area contributed by atoms with E-state index in [0.29, 0.717) is 17.1 Å². The fourth-order valence-electron chi connectivity index (χ4n) is 2.16. The minimum absolute atomic E-state index is 0.0221. The third-order valence-electron chi connectivity index (χ3n) is 3.55. The Kier molecular flexibility index (Phi) is 4.39. The minimum atomic E-state index is -0.394. The minimum Gasteiger partial charge on any atom is -0.381 e. The third kappa shape index (κ3) is 3.65. The first kappa shape index (κ1) is 14.2. The number of nitrogens with zero attached hydrogens (tertiary/aromatic N) is 1. The molecule has 0 bridgehead atoms. The number of nitro benzene ring substituents is 1. The van der Waals surface area contributed by atoms with Crippen LogP contribution in [0.25, 0.3) is 0 Å². The van der Waals surface area contributed by atoms with Crippen LogP contribution in [-0.4, -0.2) is 23.7 Å². The van der Waals surface area contributed by atoms with Crippen molar-refractivity contribution in [3.05, 3.63) is 38.9 Å². The first-order valence-electron chi connectivity index (χ1n) is 6.26. The molecule has 0 unspecified atom stereocenters. The number of rotatable bonds is 4. The highest BCUT2D eigenvalue weighted by Crippen LogP contribution is 2.25. The van der Waals surface area contributed by atoms with Gasteiger partial charge in [-0.2, -0.15) is 0 Å². The summed E-state index contributed by atoms with van der Waals surface area (Å²) in [7, 11) is 0. The van der Waals surface area contributed by atoms with Crippen molar-refractivity contribution in [2.24, 2.45) is 0 Å². The Morgan fingerprint density at radius 1 is 1.47 bits per heavy atom. The number of hydrogen-bond donors (Lipinski definition) is 1. The van der Waals surface area contributed by atoms with Crippen LogP contribution in [0.5, 0.6) is 0 Å². The summed E-state index contributed by atoms with van der Waals surface area (Å²) in [5, 5.41) is 14.8. The van der Waals surface area contributed by atoms with Crippen LogP contribution >= 0.6 is 11.6 Å². The standard InChI is InChI=1S/C13H17ClN2O3/c1-13(4-6-19-7-5-13)15-9-10-2-3-11(14)8-12(10)16(17)18/h2-3,8,15H,4-7,9H2,1H3. The quantitative estimate of drug-likeness (QED) is 0.682. The van der Waals surface area contributed by atoms with E-state index in [1.807, 2.05) is 0 Å². The molecule has 1 aromatic rings. The van der Waals surface area contributed by atoms with Gasteiger partial charge in [0.15, 0.2) is 0 Å². The number of nitrogens with one attached hydrogen (secondary N) is 1. The lowest BCUT2D eigenvalue weighted by atomic mass is 9.92. The number of hydrogen-bond acceptors (Lipinski definition) is 4. The number of halogens is 1. The molecule has 0 atom stereocenters. The summed E-state index contributed by atoms with van der Waals surface area (Å²) in [6.45, 7) is 4.04. The van der Waals surface area contributed by atoms with Gasteiger partial charge in [0.05, 0.1) is 4.92 Å². The largest absolute Gasteiger partial charge is 0.381 e. The Morgan fingerprint density at radius 3 is 2.79 bits per heavy atom. The Morgan fingerprint density at radius 2 is 2.16 bits per heavy atom. The Bertz CT molecular complexity index is 473. The Balaban J connectivity index is 2.08. The molecule has 0 saturated carbocycles. The van der Waals surface area contributed by atoms with Crippen molar-refractivity contribution in [1.82, 2.24) is 5.32 Å². The lowest BCUT2D eigenvalue weighted by Crippen LogP contribution is -2.46. The molecule has 1 N–H and O–H groups in total. The number of nitro groups is 1. The maximum Gasteiger partial charge on any atom is 0.275 e. The van der Waals surface area contributed by atoms with E-state index >= 15 is 0 Å². The zero-order valence-corrected chi connectivity index (χ0v) is 11.6. The van der Waals surface area contributed by atoms with Crippen molar-refractivity contribution in [1.29, 1.82) is 0 Å². The molecule has 1 fully saturated rings. The normalized spacial score (nSPS) is 18.2. The SMILES string of the molecule is CC1(NCc2ccc(Cl)cc2[N+](=O)[O-])CCOCC1. The molecule has 0 spiro atoms. The molecule has 19 heavy (non-hydrogen) atoms. The van der Waals surface area contributed by atoms with Gasteiger partial charge in [0.25, 0.3) is 5.69 Å². The molecular weight excluding hydrogens is 268 g/mol. The highest BCUT2D eigenvalue weighted by atomic mass is 35.5. The van der Waals surface area contributed by atoms with Gasteiger partial charge >= 0.3 is 0 Å². The van der Waals surface area contributed by atoms with Crippen molar-refractivity contribution in [3.63, 3.8) is 0 Å². The number of benzene rings is 1. The lowest BCUT2D eigenvalue weighted by Gasteiger charge is -2.34. The summed E-state index contributed by atoms with van der Waals surface area (Å²) < 4.78 is 5.33. The molecule has 0 amide bonds. The van der Waals surface area contributed by atoms with Crippen molar-refractivity contribution in [3.8, 4) is 0 Å². The lowest BCUT2D eigenvalue weighted by molar-refractivity contribution is -0.385. The summed E-state index contributed by atoms with van der Waals surface area (Å²) in [5.74, 6) is 0. The molecule has 1 aliphatic rings. The maximum absolute atomic E-state index is 11.0. The highest BCUT2D eigenvalue weighted by molar-refractivity contribution is 6.30. The van der Waals surface area contributed by atoms with Gasteiger partial charge in [-0.1, -0.05) is 11.6 Å². The summed E-state index contributed by atoms with van der Waals surface area (Å²) in [5.41, 5.74) is 0.698. The molecule has 5 nitrogen and oxygen atoms in total. The van der Waals surface area contributed by atoms with Gasteiger partial charge in [-0.05, 0) is 31.9 Å². The van der Waals surface area contributed by atoms with E-state index in [4.69, 9.17) is 16.3 Å². The van der Waals surface area contributed by atoms with Crippen molar-refractivity contribution >= 4 is 17.3 Å². The second-order valence-corrected chi connectivity index (χ2v) is 5.49. The molecule has 0 aromatic heterocycles. The molecule has 6 heteroatoms. The average molecular weight is 285 g/mol. The van der Waals surface area contributed by atoms with Crippen molar-refractivity contribution in [2.45, 2.75) is 31.8 Å². The molecule has 0 radical (unpaired) electrons. The Hall–Kier alpha value is -1.17. The zero-order valence-electron chi connectivity index (χ0n) is 10.8. The molecule has 1 heterocycles. The van der Waals surface area contributed by atoms with Gasteiger partial charge in [0.2, 0.25) is 0 Å². The second kappa shape index (κ2) is 5.86. The van der Waals surface area contributed by atoms with Gasteiger partial charge in [-0.3, -0.25) is 10.1 Å². The van der Waals surface area contributed by atoms with Crippen LogP contribution < -0.4 is 5.32 Å². The monoisotopic (exact) mass is 284 g/mol. The second-order valence-electron chi connectivity index (χ2n) is 5.06. The van der Waals surface area contributed by atoms with Crippen molar-refractivity contribution < 1.29 is 9.66 Å². The van der Waals surface area contributed by atoms with Gasteiger partial charge in [-0.15, -0.1) is 0 Å². The maximum atomic E-state index is 11.0. The molecule has 2 rings (SSSR count). The fourth-order valence-corrected chi connectivity index (χ4v) is 2.33. The molecule has 1 aliphatic heterocycles. The summed E-state index contributed by atoms with van der Waals surface area (Å²) >= 11 is 5.80. The van der Waals surface area contributed by atoms with Crippen LogP contribution in [0.15, 0.2) is 18.2 Å². The van der Waals surface area contributed by atoms with E-state index in [0.717, 1.165) is 26.1 Å². The molecule has 1 aromatic carbocycles. The van der Waals surface area contributed by atoms with Gasteiger partial charge < -0.3 is 10.1 Å². The topological polar surface area (TPSA) is 64.4 Å². The van der Waals surface area contributed by atoms with Crippen molar-refractivity contribution in [2.75, 3.05) is 13.2 Å². The van der Waals surface area contributed by atoms with Gasteiger partial charge in [-0.25, -0.2) is 0 Å². The van der Waals surface area contributed by atoms with Gasteiger partial charge in [0, 0.05) is 41.9 Å². The number of ether oxygens (including phenoxy) is 1. The smallest absolute Gasteiger partial charge is 0.275 e. The molecule has 1 saturated heterocycles. The predicted molar refractivity (Wildman–Crippen MR) is 73.4 cm³/mol. The molecular formula is C13H17ClN2O3. The fraction of sp³-hybridized carbons (Fsp3) is 0.538.